The lowest BCUT2D eigenvalue weighted by Gasteiger charge is -2.21. The number of fused-ring (bicyclic) bond motifs is 1. The van der Waals surface area contributed by atoms with Crippen LogP contribution in [-0.4, -0.2) is 46.2 Å². The third-order valence-electron chi connectivity index (χ3n) is 4.89. The molecule has 3 heterocycles. The Hall–Kier alpha value is -3.23. The molecule has 1 atom stereocenters. The maximum Gasteiger partial charge on any atom is 0.191 e. The third kappa shape index (κ3) is 4.13. The minimum atomic E-state index is -0.537. The molecule has 2 N–H and O–H groups in total. The van der Waals surface area contributed by atoms with Crippen LogP contribution in [0.2, 0.25) is 0 Å². The number of anilines is 1. The molecule has 0 saturated carbocycles. The van der Waals surface area contributed by atoms with Gasteiger partial charge in [-0.15, -0.1) is 10.2 Å². The van der Waals surface area contributed by atoms with Crippen LogP contribution in [0.3, 0.4) is 0 Å². The summed E-state index contributed by atoms with van der Waals surface area (Å²) in [5, 5.41) is 14.9. The van der Waals surface area contributed by atoms with Gasteiger partial charge in [-0.2, -0.15) is 0 Å². The van der Waals surface area contributed by atoms with Crippen LogP contribution in [0.5, 0.6) is 0 Å². The second-order valence-corrected chi connectivity index (χ2v) is 6.89. The maximum atomic E-state index is 14.1. The fourth-order valence-corrected chi connectivity index (χ4v) is 3.53. The lowest BCUT2D eigenvalue weighted by molar-refractivity contribution is 0.576. The minimum Gasteiger partial charge on any atom is -0.365 e. The van der Waals surface area contributed by atoms with E-state index in [0.717, 1.165) is 17.9 Å². The zero-order chi connectivity index (χ0) is 20.2. The molecular formula is C20H23F2N7. The smallest absolute Gasteiger partial charge is 0.191 e. The first-order valence-corrected chi connectivity index (χ1v) is 9.68. The molecule has 9 heteroatoms. The molecular weight excluding hydrogens is 376 g/mol. The van der Waals surface area contributed by atoms with Gasteiger partial charge in [0.2, 0.25) is 0 Å². The molecule has 0 radical (unpaired) electrons. The lowest BCUT2D eigenvalue weighted by atomic mass is 10.2. The predicted molar refractivity (Wildman–Crippen MR) is 108 cm³/mol. The Kier molecular flexibility index (Phi) is 5.55. The van der Waals surface area contributed by atoms with Gasteiger partial charge in [0.15, 0.2) is 17.4 Å². The van der Waals surface area contributed by atoms with E-state index in [1.807, 2.05) is 35.7 Å². The molecule has 1 unspecified atom stereocenters. The number of benzene rings is 1. The number of aliphatic imine (C=N–C) groups is 1. The molecule has 1 aliphatic rings. The number of pyridine rings is 1. The van der Waals surface area contributed by atoms with Gasteiger partial charge in [-0.05, 0) is 37.6 Å². The van der Waals surface area contributed by atoms with E-state index in [1.54, 1.807) is 4.90 Å². The molecule has 7 nitrogen and oxygen atoms in total. The van der Waals surface area contributed by atoms with Crippen LogP contribution in [0.4, 0.5) is 14.5 Å². The second-order valence-electron chi connectivity index (χ2n) is 6.89. The summed E-state index contributed by atoms with van der Waals surface area (Å²) in [5.74, 6) is 0.301. The first kappa shape index (κ1) is 19.1. The summed E-state index contributed by atoms with van der Waals surface area (Å²) in [4.78, 5) is 6.34. The van der Waals surface area contributed by atoms with Crippen LogP contribution >= 0.6 is 0 Å². The number of guanidine groups is 1. The van der Waals surface area contributed by atoms with E-state index >= 15 is 0 Å². The van der Waals surface area contributed by atoms with Crippen molar-refractivity contribution < 1.29 is 8.78 Å². The molecule has 1 aromatic carbocycles. The van der Waals surface area contributed by atoms with Crippen molar-refractivity contribution in [2.45, 2.75) is 25.9 Å². The highest BCUT2D eigenvalue weighted by Gasteiger charge is 2.27. The van der Waals surface area contributed by atoms with Gasteiger partial charge in [-0.25, -0.2) is 13.8 Å². The van der Waals surface area contributed by atoms with Crippen molar-refractivity contribution in [3.8, 4) is 0 Å². The monoisotopic (exact) mass is 399 g/mol. The SMILES string of the molecule is CCNC(=NCc1nnc2ccccn12)NC1CCN(c2c(F)cccc2F)C1. The Morgan fingerprint density at radius 2 is 2.00 bits per heavy atom. The Morgan fingerprint density at radius 1 is 1.17 bits per heavy atom. The maximum absolute atomic E-state index is 14.1. The summed E-state index contributed by atoms with van der Waals surface area (Å²) < 4.78 is 30.0. The van der Waals surface area contributed by atoms with Gasteiger partial charge in [0.1, 0.15) is 23.9 Å². The van der Waals surface area contributed by atoms with Crippen molar-refractivity contribution in [3.63, 3.8) is 0 Å². The van der Waals surface area contributed by atoms with Gasteiger partial charge in [0, 0.05) is 31.9 Å². The minimum absolute atomic E-state index is 0.0296. The Bertz CT molecular complexity index is 997. The largest absolute Gasteiger partial charge is 0.365 e. The van der Waals surface area contributed by atoms with Crippen molar-refractivity contribution in [1.29, 1.82) is 0 Å². The summed E-state index contributed by atoms with van der Waals surface area (Å²) in [6, 6.07) is 9.70. The Labute approximate surface area is 167 Å². The van der Waals surface area contributed by atoms with Crippen molar-refractivity contribution in [2.24, 2.45) is 4.99 Å². The molecule has 0 bridgehead atoms. The molecule has 0 aliphatic carbocycles. The lowest BCUT2D eigenvalue weighted by Crippen LogP contribution is -2.44. The topological polar surface area (TPSA) is 69.8 Å². The number of rotatable bonds is 5. The zero-order valence-corrected chi connectivity index (χ0v) is 16.1. The van der Waals surface area contributed by atoms with Crippen LogP contribution in [0.25, 0.3) is 5.65 Å². The number of para-hydroxylation sites is 1. The van der Waals surface area contributed by atoms with Gasteiger partial charge in [-0.3, -0.25) is 4.40 Å². The van der Waals surface area contributed by atoms with Crippen molar-refractivity contribution in [3.05, 3.63) is 60.1 Å². The molecule has 4 rings (SSSR count). The number of halogens is 2. The highest BCUT2D eigenvalue weighted by Crippen LogP contribution is 2.26. The third-order valence-corrected chi connectivity index (χ3v) is 4.89. The van der Waals surface area contributed by atoms with E-state index in [1.165, 1.54) is 18.2 Å². The average molecular weight is 399 g/mol. The fraction of sp³-hybridized carbons (Fsp3) is 0.350. The highest BCUT2D eigenvalue weighted by molar-refractivity contribution is 5.80. The summed E-state index contributed by atoms with van der Waals surface area (Å²) in [6.07, 6.45) is 2.66. The van der Waals surface area contributed by atoms with E-state index in [4.69, 9.17) is 0 Å². The molecule has 1 aliphatic heterocycles. The standard InChI is InChI=1S/C20H23F2N7/c1-2-23-20(24-12-18-27-26-17-8-3-4-10-29(17)18)25-14-9-11-28(13-14)19-15(21)6-5-7-16(19)22/h3-8,10,14H,2,9,11-13H2,1H3,(H2,23,24,25). The van der Waals surface area contributed by atoms with E-state index in [-0.39, 0.29) is 11.7 Å². The summed E-state index contributed by atoms with van der Waals surface area (Å²) in [7, 11) is 0. The van der Waals surface area contributed by atoms with E-state index in [2.05, 4.69) is 25.8 Å². The number of aromatic nitrogens is 3. The summed E-state index contributed by atoms with van der Waals surface area (Å²) >= 11 is 0. The first-order chi connectivity index (χ1) is 14.2. The van der Waals surface area contributed by atoms with Gasteiger partial charge in [0.25, 0.3) is 0 Å². The number of hydrogen-bond donors (Lipinski definition) is 2. The normalized spacial score (nSPS) is 17.1. The average Bonchev–Trinajstić information content (AvgIpc) is 3.33. The van der Waals surface area contributed by atoms with E-state index in [9.17, 15) is 8.78 Å². The molecule has 1 fully saturated rings. The number of nitrogens with zero attached hydrogens (tertiary/aromatic N) is 5. The fourth-order valence-electron chi connectivity index (χ4n) is 3.53. The molecule has 3 aromatic rings. The van der Waals surface area contributed by atoms with Crippen LogP contribution < -0.4 is 15.5 Å². The Morgan fingerprint density at radius 3 is 2.79 bits per heavy atom. The highest BCUT2D eigenvalue weighted by atomic mass is 19.1. The number of nitrogens with one attached hydrogen (secondary N) is 2. The second kappa shape index (κ2) is 8.42. The van der Waals surface area contributed by atoms with Crippen LogP contribution in [0.15, 0.2) is 47.6 Å². The van der Waals surface area contributed by atoms with Gasteiger partial charge in [-0.1, -0.05) is 12.1 Å². The molecule has 0 spiro atoms. The number of hydrogen-bond acceptors (Lipinski definition) is 4. The zero-order valence-electron chi connectivity index (χ0n) is 16.1. The summed E-state index contributed by atoms with van der Waals surface area (Å²) in [5.41, 5.74) is 0.808. The van der Waals surface area contributed by atoms with Gasteiger partial charge < -0.3 is 15.5 Å². The van der Waals surface area contributed by atoms with Gasteiger partial charge >= 0.3 is 0 Å². The van der Waals surface area contributed by atoms with Crippen molar-refractivity contribution in [1.82, 2.24) is 25.2 Å². The summed E-state index contributed by atoms with van der Waals surface area (Å²) in [6.45, 7) is 4.11. The first-order valence-electron chi connectivity index (χ1n) is 9.68. The van der Waals surface area contributed by atoms with Crippen LogP contribution in [-0.2, 0) is 6.54 Å². The van der Waals surface area contributed by atoms with Crippen LogP contribution in [0.1, 0.15) is 19.2 Å². The quantitative estimate of drug-likeness (QED) is 0.509. The van der Waals surface area contributed by atoms with Crippen molar-refractivity contribution >= 4 is 17.3 Å². The van der Waals surface area contributed by atoms with Gasteiger partial charge in [0.05, 0.1) is 0 Å². The predicted octanol–water partition coefficient (Wildman–Crippen LogP) is 2.34. The Balaban J connectivity index is 1.44. The molecule has 29 heavy (non-hydrogen) atoms. The van der Waals surface area contributed by atoms with Crippen molar-refractivity contribution in [2.75, 3.05) is 24.5 Å². The molecule has 0 amide bonds. The van der Waals surface area contributed by atoms with E-state index in [0.29, 0.717) is 32.1 Å². The van der Waals surface area contributed by atoms with E-state index < -0.39 is 11.6 Å². The van der Waals surface area contributed by atoms with Crippen LogP contribution in [0, 0.1) is 11.6 Å². The molecule has 2 aromatic heterocycles. The molecule has 152 valence electrons. The molecule has 1 saturated heterocycles.